The maximum Gasteiger partial charge on any atom is 0.416 e. The molecule has 3 rings (SSSR count). The zero-order chi connectivity index (χ0) is 23.1. The summed E-state index contributed by atoms with van der Waals surface area (Å²) in [6, 6.07) is 3.23. The highest BCUT2D eigenvalue weighted by Crippen LogP contribution is 2.49. The van der Waals surface area contributed by atoms with Gasteiger partial charge in [0.2, 0.25) is 5.91 Å². The minimum absolute atomic E-state index is 0.00154. The molecule has 1 fully saturated rings. The molecule has 2 aliphatic rings. The molecule has 3 atom stereocenters. The zero-order valence-electron chi connectivity index (χ0n) is 16.2. The molecule has 31 heavy (non-hydrogen) atoms. The second-order valence-electron chi connectivity index (χ2n) is 7.09. The van der Waals surface area contributed by atoms with Crippen LogP contribution in [-0.4, -0.2) is 44.6 Å². The summed E-state index contributed by atoms with van der Waals surface area (Å²) in [5.74, 6) is -6.11. The number of aliphatic carboxylic acids is 2. The number of nitrogens with zero attached hydrogens (tertiary/aromatic N) is 2. The molecule has 164 valence electrons. The van der Waals surface area contributed by atoms with Gasteiger partial charge in [-0.1, -0.05) is 24.3 Å². The van der Waals surface area contributed by atoms with Crippen molar-refractivity contribution in [1.29, 1.82) is 0 Å². The standard InChI is InChI=1S/C21H19F3N2O5/c1-3-13(19(28)29)16-17(11-6-5-7-12(10-11)21(22,23)24)25-9-8-15(27)26(25)18(16)14(4-2)20(30)31/h3-7,10,13-14,17H,1-2,8-9H2,(H,28,29)(H,30,31)/t13?,14?,17-/m0/s1. The molecule has 2 aliphatic heterocycles. The van der Waals surface area contributed by atoms with E-state index in [0.717, 1.165) is 29.3 Å². The fourth-order valence-corrected chi connectivity index (χ4v) is 4.07. The van der Waals surface area contributed by atoms with Crippen LogP contribution in [0.4, 0.5) is 13.2 Å². The van der Waals surface area contributed by atoms with E-state index in [1.54, 1.807) is 0 Å². The zero-order valence-corrected chi connectivity index (χ0v) is 16.2. The summed E-state index contributed by atoms with van der Waals surface area (Å²) in [5.41, 5.74) is -1.01. The Morgan fingerprint density at radius 2 is 1.74 bits per heavy atom. The number of fused-ring (bicyclic) bond motifs is 1. The van der Waals surface area contributed by atoms with Crippen LogP contribution in [0, 0.1) is 11.8 Å². The number of carbonyl (C=O) groups excluding carboxylic acids is 1. The molecule has 0 spiro atoms. The Morgan fingerprint density at radius 3 is 2.26 bits per heavy atom. The second kappa shape index (κ2) is 8.03. The van der Waals surface area contributed by atoms with Crippen LogP contribution < -0.4 is 0 Å². The monoisotopic (exact) mass is 436 g/mol. The first-order chi connectivity index (χ1) is 14.5. The Balaban J connectivity index is 2.33. The molecule has 0 radical (unpaired) electrons. The Labute approximate surface area is 175 Å². The fourth-order valence-electron chi connectivity index (χ4n) is 4.07. The lowest BCUT2D eigenvalue weighted by Crippen LogP contribution is -2.37. The lowest BCUT2D eigenvalue weighted by Gasteiger charge is -2.29. The third kappa shape index (κ3) is 3.74. The van der Waals surface area contributed by atoms with Gasteiger partial charge in [0.15, 0.2) is 0 Å². The highest BCUT2D eigenvalue weighted by Gasteiger charge is 2.51. The van der Waals surface area contributed by atoms with Gasteiger partial charge in [-0.05, 0) is 23.3 Å². The van der Waals surface area contributed by atoms with Gasteiger partial charge in [-0.15, -0.1) is 13.2 Å². The van der Waals surface area contributed by atoms with Gasteiger partial charge in [0, 0.05) is 13.0 Å². The molecule has 2 unspecified atom stereocenters. The quantitative estimate of drug-likeness (QED) is 0.637. The smallest absolute Gasteiger partial charge is 0.416 e. The normalized spacial score (nSPS) is 21.1. The number of carboxylic acid groups (broad SMARTS) is 2. The van der Waals surface area contributed by atoms with E-state index in [9.17, 15) is 37.8 Å². The van der Waals surface area contributed by atoms with Gasteiger partial charge in [-0.2, -0.15) is 13.2 Å². The highest BCUT2D eigenvalue weighted by atomic mass is 19.4. The number of benzene rings is 1. The molecule has 0 bridgehead atoms. The van der Waals surface area contributed by atoms with Crippen LogP contribution in [0.1, 0.15) is 23.6 Å². The third-order valence-electron chi connectivity index (χ3n) is 5.33. The molecule has 7 nitrogen and oxygen atoms in total. The van der Waals surface area contributed by atoms with E-state index in [0.29, 0.717) is 0 Å². The summed E-state index contributed by atoms with van der Waals surface area (Å²) in [7, 11) is 0. The van der Waals surface area contributed by atoms with E-state index < -0.39 is 47.5 Å². The molecular formula is C21H19F3N2O5. The molecule has 10 heteroatoms. The number of rotatable bonds is 7. The van der Waals surface area contributed by atoms with Crippen molar-refractivity contribution in [3.8, 4) is 0 Å². The Morgan fingerprint density at radius 1 is 1.13 bits per heavy atom. The minimum atomic E-state index is -4.64. The second-order valence-corrected chi connectivity index (χ2v) is 7.09. The summed E-state index contributed by atoms with van der Waals surface area (Å²) in [6.07, 6.45) is -2.52. The predicted octanol–water partition coefficient (Wildman–Crippen LogP) is 3.24. The maximum absolute atomic E-state index is 13.3. The number of amides is 1. The van der Waals surface area contributed by atoms with Crippen LogP contribution in [0.25, 0.3) is 0 Å². The largest absolute Gasteiger partial charge is 0.481 e. The Kier molecular flexibility index (Phi) is 5.77. The van der Waals surface area contributed by atoms with Crippen LogP contribution >= 0.6 is 0 Å². The van der Waals surface area contributed by atoms with Crippen molar-refractivity contribution in [3.05, 3.63) is 72.0 Å². The van der Waals surface area contributed by atoms with E-state index >= 15 is 0 Å². The lowest BCUT2D eigenvalue weighted by atomic mass is 9.84. The van der Waals surface area contributed by atoms with Gasteiger partial charge < -0.3 is 10.2 Å². The number of hydrogen-bond donors (Lipinski definition) is 2. The van der Waals surface area contributed by atoms with Gasteiger partial charge >= 0.3 is 18.1 Å². The molecule has 1 aromatic carbocycles. The summed E-state index contributed by atoms with van der Waals surface area (Å²) in [6.45, 7) is 7.06. The summed E-state index contributed by atoms with van der Waals surface area (Å²) >= 11 is 0. The number of halogens is 3. The van der Waals surface area contributed by atoms with Crippen LogP contribution in [0.2, 0.25) is 0 Å². The molecule has 1 amide bonds. The maximum atomic E-state index is 13.3. The van der Waals surface area contributed by atoms with Gasteiger partial charge in [-0.25, -0.2) is 10.0 Å². The third-order valence-corrected chi connectivity index (χ3v) is 5.33. The number of hydrogen-bond acceptors (Lipinski definition) is 4. The number of hydrazine groups is 1. The summed E-state index contributed by atoms with van der Waals surface area (Å²) in [5, 5.41) is 21.9. The van der Waals surface area contributed by atoms with Gasteiger partial charge in [-0.3, -0.25) is 14.4 Å². The van der Waals surface area contributed by atoms with Gasteiger partial charge in [0.25, 0.3) is 0 Å². The topological polar surface area (TPSA) is 98.1 Å². The SMILES string of the molecule is C=CC(C(=O)O)C1=C(C(C=C)C(=O)O)N2C(=O)CCN2[C@H]1c1cccc(C(F)(F)F)c1. The molecule has 1 saturated heterocycles. The first kappa shape index (κ1) is 22.3. The molecule has 2 N–H and O–H groups in total. The van der Waals surface area contributed by atoms with E-state index in [1.807, 2.05) is 0 Å². The molecule has 1 aromatic rings. The fraction of sp³-hybridized carbons (Fsp3) is 0.286. The number of carbonyl (C=O) groups is 3. The van der Waals surface area contributed by atoms with Crippen molar-refractivity contribution in [1.82, 2.24) is 10.0 Å². The average Bonchev–Trinajstić information content (AvgIpc) is 3.21. The minimum Gasteiger partial charge on any atom is -0.481 e. The van der Waals surface area contributed by atoms with E-state index in [-0.39, 0.29) is 29.8 Å². The van der Waals surface area contributed by atoms with E-state index in [2.05, 4.69) is 13.2 Å². The van der Waals surface area contributed by atoms with Crippen molar-refractivity contribution in [2.45, 2.75) is 18.6 Å². The first-order valence-electron chi connectivity index (χ1n) is 9.24. The van der Waals surface area contributed by atoms with Crippen molar-refractivity contribution < 1.29 is 37.8 Å². The van der Waals surface area contributed by atoms with Crippen LogP contribution in [0.15, 0.2) is 60.8 Å². The number of alkyl halides is 3. The highest BCUT2D eigenvalue weighted by molar-refractivity contribution is 5.86. The average molecular weight is 436 g/mol. The van der Waals surface area contributed by atoms with Crippen molar-refractivity contribution in [2.75, 3.05) is 6.54 Å². The Hall–Kier alpha value is -3.40. The van der Waals surface area contributed by atoms with E-state index in [4.69, 9.17) is 0 Å². The molecule has 0 aromatic heterocycles. The first-order valence-corrected chi connectivity index (χ1v) is 9.24. The number of carboxylic acids is 2. The van der Waals surface area contributed by atoms with Crippen molar-refractivity contribution in [2.24, 2.45) is 11.8 Å². The summed E-state index contributed by atoms with van der Waals surface area (Å²) < 4.78 is 39.9. The molecule has 0 aliphatic carbocycles. The van der Waals surface area contributed by atoms with Crippen LogP contribution in [0.3, 0.4) is 0 Å². The predicted molar refractivity (Wildman–Crippen MR) is 102 cm³/mol. The molecular weight excluding hydrogens is 417 g/mol. The van der Waals surface area contributed by atoms with E-state index in [1.165, 1.54) is 17.1 Å². The van der Waals surface area contributed by atoms with Crippen LogP contribution in [0.5, 0.6) is 0 Å². The van der Waals surface area contributed by atoms with Crippen molar-refractivity contribution >= 4 is 17.8 Å². The molecule has 0 saturated carbocycles. The summed E-state index contributed by atoms with van der Waals surface area (Å²) in [4.78, 5) is 36.5. The van der Waals surface area contributed by atoms with Gasteiger partial charge in [0.1, 0.15) is 5.92 Å². The van der Waals surface area contributed by atoms with Crippen LogP contribution in [-0.2, 0) is 20.6 Å². The lowest BCUT2D eigenvalue weighted by molar-refractivity contribution is -0.142. The molecule has 2 heterocycles. The Bertz CT molecular complexity index is 1000. The van der Waals surface area contributed by atoms with Gasteiger partial charge in [0.05, 0.1) is 23.2 Å². The van der Waals surface area contributed by atoms with Crippen molar-refractivity contribution in [3.63, 3.8) is 0 Å².